The normalized spacial score (nSPS) is 9.40. The third-order valence-corrected chi connectivity index (χ3v) is 2.35. The van der Waals surface area contributed by atoms with Gasteiger partial charge in [0.1, 0.15) is 0 Å². The largest absolute Gasteiger partial charge is 1.00 e. The molecule has 15 heavy (non-hydrogen) atoms. The summed E-state index contributed by atoms with van der Waals surface area (Å²) in [5.74, 6) is -1.01. The van der Waals surface area contributed by atoms with Gasteiger partial charge in [0.2, 0.25) is 0 Å². The zero-order chi connectivity index (χ0) is 10.4. The van der Waals surface area contributed by atoms with Gasteiger partial charge in [0.25, 0.3) is 0 Å². The maximum Gasteiger partial charge on any atom is 1.00 e. The molecule has 0 aliphatic rings. The number of carbonyl (C=O) groups excluding carboxylic acids is 1. The van der Waals surface area contributed by atoms with Crippen molar-refractivity contribution in [2.45, 2.75) is 17.7 Å². The summed E-state index contributed by atoms with van der Waals surface area (Å²) >= 11 is 1.28. The van der Waals surface area contributed by atoms with Crippen LogP contribution in [0.3, 0.4) is 0 Å². The number of carboxylic acid groups (broad SMARTS) is 1. The van der Waals surface area contributed by atoms with Crippen molar-refractivity contribution >= 4 is 18.0 Å². The van der Waals surface area contributed by atoms with Crippen molar-refractivity contribution in [3.05, 3.63) is 29.8 Å². The third kappa shape index (κ3) is 6.22. The molecule has 0 saturated heterocycles. The number of aliphatic carboxylic acids is 1. The van der Waals surface area contributed by atoms with Crippen LogP contribution in [-0.2, 0) is 15.4 Å². The van der Waals surface area contributed by atoms with E-state index in [1.54, 1.807) is 7.11 Å². The molecule has 0 aliphatic heterocycles. The van der Waals surface area contributed by atoms with Crippen LogP contribution in [0.15, 0.2) is 29.2 Å². The fourth-order valence-electron chi connectivity index (χ4n) is 1.05. The summed E-state index contributed by atoms with van der Waals surface area (Å²) in [6, 6.07) is 7.59. The summed E-state index contributed by atoms with van der Waals surface area (Å²) < 4.78 is 4.88. The van der Waals surface area contributed by atoms with E-state index < -0.39 is 5.97 Å². The summed E-state index contributed by atoms with van der Waals surface area (Å²) in [5, 5.41) is 10.2. The predicted octanol–water partition coefficient (Wildman–Crippen LogP) is -1.97. The first-order chi connectivity index (χ1) is 6.72. The topological polar surface area (TPSA) is 49.4 Å². The smallest absolute Gasteiger partial charge is 0.550 e. The van der Waals surface area contributed by atoms with Crippen LogP contribution in [0.5, 0.6) is 0 Å². The minimum atomic E-state index is -1.01. The van der Waals surface area contributed by atoms with Crippen LogP contribution >= 0.6 is 12.0 Å². The standard InChI is InChI=1S/C10H12O3S.Na/c1-13-14-9-5-2-8(3-6-9)4-7-10(11)12;/h2-3,5-6H,4,7H2,1H3,(H,11,12);/q;+1/p-1. The summed E-state index contributed by atoms with van der Waals surface area (Å²) in [5.41, 5.74) is 0.995. The van der Waals surface area contributed by atoms with Crippen LogP contribution in [-0.4, -0.2) is 13.1 Å². The van der Waals surface area contributed by atoms with Crippen molar-refractivity contribution in [3.8, 4) is 0 Å². The van der Waals surface area contributed by atoms with Crippen LogP contribution in [0, 0.1) is 0 Å². The van der Waals surface area contributed by atoms with Gasteiger partial charge in [-0.3, -0.25) is 0 Å². The molecule has 1 aromatic rings. The molecule has 0 atom stereocenters. The van der Waals surface area contributed by atoms with Crippen molar-refractivity contribution in [1.29, 1.82) is 0 Å². The molecular weight excluding hydrogens is 223 g/mol. The van der Waals surface area contributed by atoms with E-state index in [1.807, 2.05) is 24.3 Å². The molecule has 0 heterocycles. The quantitative estimate of drug-likeness (QED) is 0.438. The molecule has 0 radical (unpaired) electrons. The second-order valence-corrected chi connectivity index (χ2v) is 3.74. The number of carboxylic acids is 1. The van der Waals surface area contributed by atoms with Crippen LogP contribution in [0.1, 0.15) is 12.0 Å². The van der Waals surface area contributed by atoms with E-state index >= 15 is 0 Å². The first kappa shape index (κ1) is 15.0. The van der Waals surface area contributed by atoms with E-state index in [0.717, 1.165) is 10.5 Å². The first-order valence-corrected chi connectivity index (χ1v) is 4.96. The molecule has 5 heteroatoms. The fourth-order valence-corrected chi connectivity index (χ4v) is 1.49. The summed E-state index contributed by atoms with van der Waals surface area (Å²) in [7, 11) is 1.61. The van der Waals surface area contributed by atoms with E-state index in [2.05, 4.69) is 0 Å². The van der Waals surface area contributed by atoms with Gasteiger partial charge in [-0.05, 0) is 30.5 Å². The molecule has 0 amide bonds. The molecular formula is C10H11NaO3S. The molecule has 1 aromatic carbocycles. The van der Waals surface area contributed by atoms with Crippen LogP contribution in [0.25, 0.3) is 0 Å². The van der Waals surface area contributed by atoms with Gasteiger partial charge in [-0.15, -0.1) is 0 Å². The van der Waals surface area contributed by atoms with Crippen molar-refractivity contribution in [1.82, 2.24) is 0 Å². The van der Waals surface area contributed by atoms with E-state index in [0.29, 0.717) is 6.42 Å². The van der Waals surface area contributed by atoms with Gasteiger partial charge < -0.3 is 14.1 Å². The third-order valence-electron chi connectivity index (χ3n) is 1.72. The van der Waals surface area contributed by atoms with Gasteiger partial charge in [-0.2, -0.15) is 0 Å². The maximum absolute atomic E-state index is 10.2. The predicted molar refractivity (Wildman–Crippen MR) is 52.6 cm³/mol. The molecule has 1 rings (SSSR count). The number of hydrogen-bond donors (Lipinski definition) is 0. The molecule has 76 valence electrons. The number of rotatable bonds is 5. The fraction of sp³-hybridized carbons (Fsp3) is 0.300. The summed E-state index contributed by atoms with van der Waals surface area (Å²) in [4.78, 5) is 11.2. The molecule has 0 fully saturated rings. The van der Waals surface area contributed by atoms with Crippen molar-refractivity contribution in [3.63, 3.8) is 0 Å². The van der Waals surface area contributed by atoms with Gasteiger partial charge in [0.15, 0.2) is 0 Å². The minimum Gasteiger partial charge on any atom is -0.550 e. The van der Waals surface area contributed by atoms with Gasteiger partial charge in [0, 0.05) is 22.9 Å². The second kappa shape index (κ2) is 8.19. The Bertz CT molecular complexity index is 300. The van der Waals surface area contributed by atoms with Gasteiger partial charge >= 0.3 is 29.6 Å². The van der Waals surface area contributed by atoms with Crippen LogP contribution < -0.4 is 34.7 Å². The Kier molecular flexibility index (Phi) is 8.19. The Balaban J connectivity index is 0.00000196. The zero-order valence-corrected chi connectivity index (χ0v) is 11.7. The second-order valence-electron chi connectivity index (χ2n) is 2.77. The molecule has 0 saturated carbocycles. The SMILES string of the molecule is COSc1ccc(CCC(=O)[O-])cc1.[Na+]. The van der Waals surface area contributed by atoms with Crippen molar-refractivity contribution in [2.75, 3.05) is 7.11 Å². The van der Waals surface area contributed by atoms with Gasteiger partial charge in [-0.25, -0.2) is 0 Å². The van der Waals surface area contributed by atoms with Gasteiger partial charge in [-0.1, -0.05) is 12.1 Å². The summed E-state index contributed by atoms with van der Waals surface area (Å²) in [6.07, 6.45) is 0.580. The molecule has 0 bridgehead atoms. The molecule has 0 unspecified atom stereocenters. The Hall–Kier alpha value is 0. The van der Waals surface area contributed by atoms with E-state index in [1.165, 1.54) is 12.0 Å². The van der Waals surface area contributed by atoms with Crippen molar-refractivity contribution in [2.24, 2.45) is 0 Å². The molecule has 0 spiro atoms. The monoisotopic (exact) mass is 234 g/mol. The maximum atomic E-state index is 10.2. The van der Waals surface area contributed by atoms with Crippen molar-refractivity contribution < 1.29 is 43.6 Å². The molecule has 3 nitrogen and oxygen atoms in total. The number of benzene rings is 1. The van der Waals surface area contributed by atoms with E-state index in [-0.39, 0.29) is 36.0 Å². The van der Waals surface area contributed by atoms with E-state index in [9.17, 15) is 9.90 Å². The average molecular weight is 234 g/mol. The zero-order valence-electron chi connectivity index (χ0n) is 8.86. The van der Waals surface area contributed by atoms with Crippen LogP contribution in [0.4, 0.5) is 0 Å². The van der Waals surface area contributed by atoms with Crippen LogP contribution in [0.2, 0.25) is 0 Å². The Morgan fingerprint density at radius 2 is 2.00 bits per heavy atom. The minimum absolute atomic E-state index is 0. The number of aryl methyl sites for hydroxylation is 1. The molecule has 0 aliphatic carbocycles. The van der Waals surface area contributed by atoms with E-state index in [4.69, 9.17) is 4.18 Å². The Morgan fingerprint density at radius 3 is 2.47 bits per heavy atom. The Labute approximate surface area is 116 Å². The molecule has 0 N–H and O–H groups in total. The average Bonchev–Trinajstić information content (AvgIpc) is 2.17. The van der Waals surface area contributed by atoms with Gasteiger partial charge in [0.05, 0.1) is 7.11 Å². The number of hydrogen-bond acceptors (Lipinski definition) is 4. The summed E-state index contributed by atoms with van der Waals surface area (Å²) in [6.45, 7) is 0. The number of carbonyl (C=O) groups is 1. The first-order valence-electron chi connectivity index (χ1n) is 4.22. The molecule has 0 aromatic heterocycles. The Morgan fingerprint density at radius 1 is 1.40 bits per heavy atom.